The molecule has 2 aliphatic rings. The normalized spacial score (nSPS) is 21.4. The van der Waals surface area contributed by atoms with Crippen LogP contribution in [0.15, 0.2) is 55.1 Å². The number of benzene rings is 1. The zero-order valence-corrected chi connectivity index (χ0v) is 16.5. The number of pyridine rings is 1. The van der Waals surface area contributed by atoms with E-state index in [2.05, 4.69) is 15.0 Å². The summed E-state index contributed by atoms with van der Waals surface area (Å²) in [6, 6.07) is 9.72. The van der Waals surface area contributed by atoms with Crippen LogP contribution in [-0.2, 0) is 13.6 Å². The molecular formula is C22H23N5O2. The zero-order chi connectivity index (χ0) is 20.0. The van der Waals surface area contributed by atoms with E-state index in [4.69, 9.17) is 4.74 Å². The Morgan fingerprint density at radius 3 is 2.79 bits per heavy atom. The lowest BCUT2D eigenvalue weighted by Gasteiger charge is -2.25. The molecule has 1 amide bonds. The van der Waals surface area contributed by atoms with Gasteiger partial charge < -0.3 is 9.64 Å². The number of likely N-dealkylation sites (N-methyl/N-ethyl adjacent to an activating group) is 1. The van der Waals surface area contributed by atoms with Gasteiger partial charge in [0.15, 0.2) is 0 Å². The smallest absolute Gasteiger partial charge is 0.257 e. The zero-order valence-electron chi connectivity index (χ0n) is 16.5. The molecule has 0 radical (unpaired) electrons. The number of hydrogen-bond donors (Lipinski definition) is 0. The predicted molar refractivity (Wildman–Crippen MR) is 108 cm³/mol. The summed E-state index contributed by atoms with van der Waals surface area (Å²) >= 11 is 0. The highest BCUT2D eigenvalue weighted by molar-refractivity contribution is 5.98. The Hall–Kier alpha value is -3.19. The Morgan fingerprint density at radius 1 is 1.14 bits per heavy atom. The molecule has 3 aromatic rings. The van der Waals surface area contributed by atoms with E-state index >= 15 is 0 Å². The molecule has 2 aliphatic heterocycles. The molecule has 148 valence electrons. The van der Waals surface area contributed by atoms with Crippen molar-refractivity contribution >= 4 is 5.91 Å². The minimum Gasteiger partial charge on any atom is -0.486 e. The molecular weight excluding hydrogens is 366 g/mol. The van der Waals surface area contributed by atoms with Crippen molar-refractivity contribution in [2.45, 2.75) is 18.7 Å². The van der Waals surface area contributed by atoms with Crippen LogP contribution in [0.5, 0.6) is 5.75 Å². The van der Waals surface area contributed by atoms with Crippen LogP contribution in [0, 0.1) is 0 Å². The standard InChI is InChI=1S/C22H23N5O2/c1-25-11-15(9-24-25)12-27-13-19-21(14-27)29-20-8-16(17-4-3-7-23-10-17)5-6-18(20)22(28)26(19)2/h3-11,19,21H,12-14H2,1-2H3/t19-,21+/m1/s1. The van der Waals surface area contributed by atoms with Gasteiger partial charge in [-0.2, -0.15) is 5.10 Å². The van der Waals surface area contributed by atoms with E-state index in [-0.39, 0.29) is 18.1 Å². The highest BCUT2D eigenvalue weighted by Crippen LogP contribution is 2.34. The van der Waals surface area contributed by atoms with Gasteiger partial charge in [0.25, 0.3) is 5.91 Å². The summed E-state index contributed by atoms with van der Waals surface area (Å²) < 4.78 is 8.22. The number of likely N-dealkylation sites (tertiary alicyclic amines) is 1. The van der Waals surface area contributed by atoms with E-state index in [1.165, 1.54) is 0 Å². The summed E-state index contributed by atoms with van der Waals surface area (Å²) in [6.45, 7) is 2.35. The highest BCUT2D eigenvalue weighted by atomic mass is 16.5. The maximum atomic E-state index is 13.1. The number of carbonyl (C=O) groups excluding carboxylic acids is 1. The van der Waals surface area contributed by atoms with Crippen molar-refractivity contribution in [1.29, 1.82) is 0 Å². The van der Waals surface area contributed by atoms with Gasteiger partial charge in [-0.3, -0.25) is 19.4 Å². The second kappa shape index (κ2) is 7.00. The van der Waals surface area contributed by atoms with E-state index in [0.29, 0.717) is 11.3 Å². The van der Waals surface area contributed by atoms with Gasteiger partial charge >= 0.3 is 0 Å². The number of aryl methyl sites for hydroxylation is 1. The van der Waals surface area contributed by atoms with Crippen molar-refractivity contribution in [1.82, 2.24) is 24.6 Å². The molecule has 4 heterocycles. The van der Waals surface area contributed by atoms with Crippen LogP contribution in [0.25, 0.3) is 11.1 Å². The molecule has 0 spiro atoms. The minimum absolute atomic E-state index is 0.00784. The van der Waals surface area contributed by atoms with Crippen molar-refractivity contribution in [3.8, 4) is 16.9 Å². The molecule has 1 aromatic carbocycles. The van der Waals surface area contributed by atoms with Crippen molar-refractivity contribution in [2.24, 2.45) is 7.05 Å². The summed E-state index contributed by atoms with van der Waals surface area (Å²) in [4.78, 5) is 21.5. The van der Waals surface area contributed by atoms with Crippen LogP contribution in [0.1, 0.15) is 15.9 Å². The van der Waals surface area contributed by atoms with E-state index < -0.39 is 0 Å². The molecule has 1 saturated heterocycles. The number of ether oxygens (including phenoxy) is 1. The second-order valence-corrected chi connectivity index (χ2v) is 7.81. The lowest BCUT2D eigenvalue weighted by atomic mass is 10.0. The third-order valence-corrected chi connectivity index (χ3v) is 5.78. The molecule has 5 rings (SSSR count). The molecule has 0 unspecified atom stereocenters. The maximum Gasteiger partial charge on any atom is 0.257 e. The monoisotopic (exact) mass is 389 g/mol. The SMILES string of the molecule is CN1C(=O)c2ccc(-c3cccnc3)cc2O[C@H]2CN(Cc3cnn(C)c3)C[C@H]21. The number of fused-ring (bicyclic) bond motifs is 2. The third kappa shape index (κ3) is 3.27. The molecule has 7 heteroatoms. The third-order valence-electron chi connectivity index (χ3n) is 5.78. The van der Waals surface area contributed by atoms with Gasteiger partial charge in [-0.15, -0.1) is 0 Å². The Kier molecular flexibility index (Phi) is 4.32. The van der Waals surface area contributed by atoms with Gasteiger partial charge in [-0.05, 0) is 23.8 Å². The van der Waals surface area contributed by atoms with Crippen LogP contribution in [-0.4, -0.2) is 62.8 Å². The molecule has 2 aromatic heterocycles. The highest BCUT2D eigenvalue weighted by Gasteiger charge is 2.42. The minimum atomic E-state index is -0.0639. The maximum absolute atomic E-state index is 13.1. The lowest BCUT2D eigenvalue weighted by molar-refractivity contribution is 0.0682. The summed E-state index contributed by atoms with van der Waals surface area (Å²) in [5.74, 6) is 0.660. The molecule has 0 N–H and O–H groups in total. The Bertz CT molecular complexity index is 1050. The van der Waals surface area contributed by atoms with Crippen LogP contribution in [0.4, 0.5) is 0 Å². The summed E-state index contributed by atoms with van der Waals surface area (Å²) in [5.41, 5.74) is 3.78. The fraction of sp³-hybridized carbons (Fsp3) is 0.318. The number of rotatable bonds is 3. The lowest BCUT2D eigenvalue weighted by Crippen LogP contribution is -2.44. The van der Waals surface area contributed by atoms with Crippen molar-refractivity contribution in [2.75, 3.05) is 20.1 Å². The molecule has 1 fully saturated rings. The molecule has 0 aliphatic carbocycles. The first kappa shape index (κ1) is 17.9. The van der Waals surface area contributed by atoms with Gasteiger partial charge in [-0.1, -0.05) is 12.1 Å². The van der Waals surface area contributed by atoms with Crippen molar-refractivity contribution in [3.05, 3.63) is 66.2 Å². The van der Waals surface area contributed by atoms with Gasteiger partial charge in [0.05, 0.1) is 17.8 Å². The number of amides is 1. The fourth-order valence-corrected chi connectivity index (χ4v) is 4.27. The molecule has 7 nitrogen and oxygen atoms in total. The average molecular weight is 389 g/mol. The molecule has 0 bridgehead atoms. The first-order valence-corrected chi connectivity index (χ1v) is 9.76. The Balaban J connectivity index is 1.42. The van der Waals surface area contributed by atoms with E-state index in [1.807, 2.05) is 72.6 Å². The number of nitrogens with zero attached hydrogens (tertiary/aromatic N) is 5. The number of hydrogen-bond acceptors (Lipinski definition) is 5. The molecule has 29 heavy (non-hydrogen) atoms. The van der Waals surface area contributed by atoms with E-state index in [9.17, 15) is 4.79 Å². The molecule has 2 atom stereocenters. The van der Waals surface area contributed by atoms with Crippen molar-refractivity contribution < 1.29 is 9.53 Å². The Morgan fingerprint density at radius 2 is 2.03 bits per heavy atom. The van der Waals surface area contributed by atoms with Crippen molar-refractivity contribution in [3.63, 3.8) is 0 Å². The first-order valence-electron chi connectivity index (χ1n) is 9.76. The van der Waals surface area contributed by atoms with E-state index in [0.717, 1.165) is 36.3 Å². The van der Waals surface area contributed by atoms with Crippen LogP contribution < -0.4 is 4.74 Å². The van der Waals surface area contributed by atoms with E-state index in [1.54, 1.807) is 6.20 Å². The van der Waals surface area contributed by atoms with Gasteiger partial charge in [0.2, 0.25) is 0 Å². The van der Waals surface area contributed by atoms with Crippen LogP contribution in [0.3, 0.4) is 0 Å². The van der Waals surface area contributed by atoms with Gasteiger partial charge in [-0.25, -0.2) is 0 Å². The number of aromatic nitrogens is 3. The quantitative estimate of drug-likeness (QED) is 0.687. The fourth-order valence-electron chi connectivity index (χ4n) is 4.27. The van der Waals surface area contributed by atoms with Crippen LogP contribution in [0.2, 0.25) is 0 Å². The van der Waals surface area contributed by atoms with Gasteiger partial charge in [0.1, 0.15) is 11.9 Å². The Labute approximate surface area is 169 Å². The summed E-state index contributed by atoms with van der Waals surface area (Å²) in [5, 5.41) is 4.25. The van der Waals surface area contributed by atoms with Crippen LogP contribution >= 0.6 is 0 Å². The predicted octanol–water partition coefficient (Wildman–Crippen LogP) is 2.20. The molecule has 0 saturated carbocycles. The topological polar surface area (TPSA) is 63.5 Å². The summed E-state index contributed by atoms with van der Waals surface area (Å²) in [6.07, 6.45) is 7.42. The van der Waals surface area contributed by atoms with Gasteiger partial charge in [0, 0.05) is 63.4 Å². The second-order valence-electron chi connectivity index (χ2n) is 7.81. The summed E-state index contributed by atoms with van der Waals surface area (Å²) in [7, 11) is 3.80. The largest absolute Gasteiger partial charge is 0.486 e. The first-order chi connectivity index (χ1) is 14.1. The average Bonchev–Trinajstić information content (AvgIpc) is 3.31. The number of carbonyl (C=O) groups is 1.